The van der Waals surface area contributed by atoms with E-state index in [1.165, 1.54) is 18.3 Å². The maximum Gasteiger partial charge on any atom is 0.435 e. The summed E-state index contributed by atoms with van der Waals surface area (Å²) in [6.45, 7) is 3.98. The number of halogens is 4. The molecule has 8 nitrogen and oxygen atoms in total. The van der Waals surface area contributed by atoms with Crippen molar-refractivity contribution >= 4 is 5.82 Å². The summed E-state index contributed by atoms with van der Waals surface area (Å²) in [7, 11) is 0. The smallest absolute Gasteiger partial charge is 0.435 e. The molecule has 0 saturated heterocycles. The van der Waals surface area contributed by atoms with Crippen molar-refractivity contribution in [3.63, 3.8) is 0 Å². The first-order valence-corrected chi connectivity index (χ1v) is 10.5. The fourth-order valence-electron chi connectivity index (χ4n) is 4.05. The third kappa shape index (κ3) is 3.64. The molecule has 34 heavy (non-hydrogen) atoms. The Morgan fingerprint density at radius 3 is 2.74 bits per heavy atom. The Morgan fingerprint density at radius 2 is 2.00 bits per heavy atom. The predicted octanol–water partition coefficient (Wildman–Crippen LogP) is 4.33. The van der Waals surface area contributed by atoms with Gasteiger partial charge in [-0.2, -0.15) is 18.3 Å². The van der Waals surface area contributed by atoms with Crippen LogP contribution in [0.5, 0.6) is 5.75 Å². The van der Waals surface area contributed by atoms with Crippen LogP contribution in [0.25, 0.3) is 16.9 Å². The summed E-state index contributed by atoms with van der Waals surface area (Å²) < 4.78 is 63.9. The largest absolute Gasteiger partial charge is 0.482 e. The number of aromatic nitrogens is 6. The Labute approximate surface area is 191 Å². The van der Waals surface area contributed by atoms with E-state index >= 15 is 0 Å². The number of ether oxygens (including phenoxy) is 1. The van der Waals surface area contributed by atoms with Crippen LogP contribution in [-0.4, -0.2) is 29.8 Å². The SMILES string of the molecule is CCn1nnc2c1-c1cnc(N)c(c1)OC(C)c1cc(F)ccc1-n1nc(C(F)(F)F)cc1C2. The number of nitrogen functional groups attached to an aromatic ring is 1. The minimum Gasteiger partial charge on any atom is -0.482 e. The Balaban J connectivity index is 1.82. The van der Waals surface area contributed by atoms with E-state index in [1.54, 1.807) is 17.7 Å². The lowest BCUT2D eigenvalue weighted by Crippen LogP contribution is -2.14. The molecular weight excluding hydrogens is 454 g/mol. The first kappa shape index (κ1) is 21.9. The number of anilines is 1. The zero-order chi connectivity index (χ0) is 24.2. The van der Waals surface area contributed by atoms with Gasteiger partial charge >= 0.3 is 6.18 Å². The van der Waals surface area contributed by atoms with Crippen molar-refractivity contribution in [2.75, 3.05) is 5.73 Å². The molecule has 0 radical (unpaired) electrons. The molecule has 2 N–H and O–H groups in total. The summed E-state index contributed by atoms with van der Waals surface area (Å²) in [5.74, 6) is -0.215. The van der Waals surface area contributed by atoms with E-state index in [0.717, 1.165) is 16.8 Å². The van der Waals surface area contributed by atoms with E-state index in [9.17, 15) is 17.6 Å². The summed E-state index contributed by atoms with van der Waals surface area (Å²) in [6, 6.07) is 6.37. The molecule has 3 aromatic heterocycles. The van der Waals surface area contributed by atoms with E-state index in [0.29, 0.717) is 29.1 Å². The van der Waals surface area contributed by atoms with Crippen LogP contribution in [0.2, 0.25) is 0 Å². The maximum absolute atomic E-state index is 14.2. The van der Waals surface area contributed by atoms with Gasteiger partial charge in [0.15, 0.2) is 17.3 Å². The van der Waals surface area contributed by atoms with Gasteiger partial charge in [0.2, 0.25) is 0 Å². The standard InChI is InChI=1S/C22H19F4N7O/c1-3-32-20-12-6-18(21(27)28-10-12)34-11(2)15-7-13(23)4-5-17(15)33-14(8-16(20)29-31-32)9-19(30-33)22(24,25)26/h4-7,9-11H,3,8H2,1-2H3,(H2,27,28). The fourth-order valence-corrected chi connectivity index (χ4v) is 4.05. The third-order valence-corrected chi connectivity index (χ3v) is 5.64. The number of rotatable bonds is 1. The molecular formula is C22H19F4N7O. The molecule has 176 valence electrons. The molecule has 1 aliphatic heterocycles. The topological polar surface area (TPSA) is 96.7 Å². The Hall–Kier alpha value is -3.96. The quantitative estimate of drug-likeness (QED) is 0.414. The second-order valence-electron chi connectivity index (χ2n) is 7.88. The number of benzene rings is 1. The van der Waals surface area contributed by atoms with Gasteiger partial charge in [-0.15, -0.1) is 5.10 Å². The molecule has 0 fully saturated rings. The second kappa shape index (κ2) is 7.82. The van der Waals surface area contributed by atoms with Gasteiger partial charge in [0.1, 0.15) is 11.9 Å². The molecule has 2 bridgehead atoms. The summed E-state index contributed by atoms with van der Waals surface area (Å²) in [4.78, 5) is 4.21. The Bertz CT molecular complexity index is 1390. The average Bonchev–Trinajstić information content (AvgIpc) is 3.39. The number of fused-ring (bicyclic) bond motifs is 7. The highest BCUT2D eigenvalue weighted by Gasteiger charge is 2.36. The normalized spacial score (nSPS) is 15.4. The lowest BCUT2D eigenvalue weighted by Gasteiger charge is -2.21. The summed E-state index contributed by atoms with van der Waals surface area (Å²) in [6.07, 6.45) is -3.95. The van der Waals surface area contributed by atoms with E-state index in [4.69, 9.17) is 10.5 Å². The van der Waals surface area contributed by atoms with Crippen molar-refractivity contribution in [1.82, 2.24) is 29.8 Å². The monoisotopic (exact) mass is 473 g/mol. The Kier molecular flexibility index (Phi) is 5.03. The van der Waals surface area contributed by atoms with Crippen LogP contribution in [0.15, 0.2) is 36.5 Å². The number of pyridine rings is 1. The molecule has 5 rings (SSSR count). The van der Waals surface area contributed by atoms with E-state index in [2.05, 4.69) is 20.4 Å². The number of alkyl halides is 3. The van der Waals surface area contributed by atoms with Gasteiger partial charge in [0, 0.05) is 30.3 Å². The Morgan fingerprint density at radius 1 is 1.21 bits per heavy atom. The molecule has 0 amide bonds. The molecule has 12 heteroatoms. The van der Waals surface area contributed by atoms with Crippen LogP contribution in [0.4, 0.5) is 23.4 Å². The summed E-state index contributed by atoms with van der Waals surface area (Å²) in [5, 5.41) is 12.2. The number of hydrogen-bond acceptors (Lipinski definition) is 6. The van der Waals surface area contributed by atoms with Crippen LogP contribution in [0.1, 0.15) is 42.6 Å². The van der Waals surface area contributed by atoms with Crippen molar-refractivity contribution in [3.8, 4) is 22.7 Å². The molecule has 4 aromatic rings. The second-order valence-corrected chi connectivity index (χ2v) is 7.88. The van der Waals surface area contributed by atoms with Gasteiger partial charge in [-0.3, -0.25) is 0 Å². The predicted molar refractivity (Wildman–Crippen MR) is 114 cm³/mol. The number of nitrogens with two attached hydrogens (primary N) is 1. The van der Waals surface area contributed by atoms with Crippen LogP contribution in [0.3, 0.4) is 0 Å². The van der Waals surface area contributed by atoms with Crippen LogP contribution < -0.4 is 10.5 Å². The van der Waals surface area contributed by atoms with Crippen LogP contribution in [-0.2, 0) is 19.1 Å². The number of hydrogen-bond donors (Lipinski definition) is 1. The van der Waals surface area contributed by atoms with Crippen molar-refractivity contribution in [2.24, 2.45) is 0 Å². The maximum atomic E-state index is 14.2. The van der Waals surface area contributed by atoms with E-state index in [-0.39, 0.29) is 29.4 Å². The van der Waals surface area contributed by atoms with Gasteiger partial charge in [-0.25, -0.2) is 18.7 Å². The van der Waals surface area contributed by atoms with Crippen LogP contribution >= 0.6 is 0 Å². The zero-order valence-corrected chi connectivity index (χ0v) is 18.1. The number of nitrogens with zero attached hydrogens (tertiary/aromatic N) is 6. The highest BCUT2D eigenvalue weighted by Crippen LogP contribution is 2.37. The lowest BCUT2D eigenvalue weighted by atomic mass is 10.0. The van der Waals surface area contributed by atoms with Gasteiger partial charge < -0.3 is 10.5 Å². The molecule has 0 spiro atoms. The molecule has 1 aliphatic rings. The lowest BCUT2D eigenvalue weighted by molar-refractivity contribution is -0.141. The van der Waals surface area contributed by atoms with E-state index in [1.807, 2.05) is 6.92 Å². The molecule has 4 heterocycles. The highest BCUT2D eigenvalue weighted by molar-refractivity contribution is 5.66. The third-order valence-electron chi connectivity index (χ3n) is 5.64. The van der Waals surface area contributed by atoms with Gasteiger partial charge in [0.05, 0.1) is 22.8 Å². The van der Waals surface area contributed by atoms with Gasteiger partial charge in [-0.05, 0) is 44.2 Å². The van der Waals surface area contributed by atoms with Crippen LogP contribution in [0, 0.1) is 5.82 Å². The van der Waals surface area contributed by atoms with Gasteiger partial charge in [0.25, 0.3) is 0 Å². The first-order chi connectivity index (χ1) is 16.2. The zero-order valence-electron chi connectivity index (χ0n) is 18.1. The molecule has 1 unspecified atom stereocenters. The molecule has 0 aliphatic carbocycles. The minimum absolute atomic E-state index is 0.00974. The van der Waals surface area contributed by atoms with Crippen molar-refractivity contribution < 1.29 is 22.3 Å². The number of aryl methyl sites for hydroxylation is 1. The highest BCUT2D eigenvalue weighted by atomic mass is 19.4. The molecule has 1 aromatic carbocycles. The first-order valence-electron chi connectivity index (χ1n) is 10.5. The molecule has 1 atom stereocenters. The van der Waals surface area contributed by atoms with Crippen molar-refractivity contribution in [3.05, 3.63) is 65.0 Å². The summed E-state index contributed by atoms with van der Waals surface area (Å²) >= 11 is 0. The average molecular weight is 473 g/mol. The fraction of sp³-hybridized carbons (Fsp3) is 0.273. The summed E-state index contributed by atoms with van der Waals surface area (Å²) in [5.41, 5.74) is 7.29. The van der Waals surface area contributed by atoms with Gasteiger partial charge in [-0.1, -0.05) is 5.21 Å². The van der Waals surface area contributed by atoms with Crippen molar-refractivity contribution in [2.45, 2.75) is 39.1 Å². The van der Waals surface area contributed by atoms with Crippen molar-refractivity contribution in [1.29, 1.82) is 0 Å². The minimum atomic E-state index is -4.68. The molecule has 0 saturated carbocycles. The van der Waals surface area contributed by atoms with E-state index < -0.39 is 23.8 Å².